The highest BCUT2D eigenvalue weighted by Gasteiger charge is 2.19. The molecule has 2 aromatic heterocycles. The van der Waals surface area contributed by atoms with Crippen molar-refractivity contribution in [1.82, 2.24) is 4.57 Å². The Labute approximate surface area is 388 Å². The van der Waals surface area contributed by atoms with Gasteiger partial charge in [0.15, 0.2) is 0 Å². The molecule has 0 saturated carbocycles. The summed E-state index contributed by atoms with van der Waals surface area (Å²) in [6.07, 6.45) is 19.7. The molecule has 0 amide bonds. The lowest BCUT2D eigenvalue weighted by Crippen LogP contribution is -2.18. The number of benzene rings is 7. The molecule has 0 saturated heterocycles. The van der Waals surface area contributed by atoms with Crippen molar-refractivity contribution in [3.8, 4) is 27.9 Å². The molecule has 1 aliphatic carbocycles. The van der Waals surface area contributed by atoms with E-state index in [1.54, 1.807) is 0 Å². The van der Waals surface area contributed by atoms with Crippen LogP contribution in [0.3, 0.4) is 0 Å². The predicted molar refractivity (Wildman–Crippen MR) is 282 cm³/mol. The van der Waals surface area contributed by atoms with Crippen LogP contribution in [0.4, 0.5) is 11.4 Å². The first kappa shape index (κ1) is 41.8. The highest BCUT2D eigenvalue weighted by molar-refractivity contribution is 6.16. The molecule has 3 nitrogen and oxygen atoms in total. The molecule has 9 aromatic rings. The maximum atomic E-state index is 6.64. The number of rotatable bonds is 11. The van der Waals surface area contributed by atoms with Gasteiger partial charge in [-0.2, -0.15) is 0 Å². The average molecular weight is 853 g/mol. The third-order valence-electron chi connectivity index (χ3n) is 12.4. The Bertz CT molecular complexity index is 3410. The first-order chi connectivity index (χ1) is 32.6. The normalized spacial score (nSPS) is 12.8. The largest absolute Gasteiger partial charge is 0.459 e. The number of hydrogen-bond donors (Lipinski definition) is 0. The molecular weight excluding hydrogens is 801 g/mol. The molecule has 66 heavy (non-hydrogen) atoms. The van der Waals surface area contributed by atoms with E-state index in [0.29, 0.717) is 6.54 Å². The lowest BCUT2D eigenvalue weighted by molar-refractivity contribution is 0.565. The second-order valence-electron chi connectivity index (χ2n) is 16.6. The summed E-state index contributed by atoms with van der Waals surface area (Å²) in [5, 5.41) is 3.44. The molecule has 0 fully saturated rings. The molecule has 2 heterocycles. The maximum Gasteiger partial charge on any atom is 0.134 e. The average Bonchev–Trinajstić information content (AvgIpc) is 3.50. The Morgan fingerprint density at radius 3 is 2.21 bits per heavy atom. The monoisotopic (exact) mass is 852 g/mol. The zero-order chi connectivity index (χ0) is 44.7. The van der Waals surface area contributed by atoms with E-state index < -0.39 is 0 Å². The minimum Gasteiger partial charge on any atom is -0.459 e. The van der Waals surface area contributed by atoms with Crippen molar-refractivity contribution in [2.24, 2.45) is 0 Å². The Morgan fingerprint density at radius 1 is 0.636 bits per heavy atom. The van der Waals surface area contributed by atoms with Gasteiger partial charge in [-0.3, -0.25) is 0 Å². The zero-order valence-electron chi connectivity index (χ0n) is 37.5. The molecule has 0 N–H and O–H groups in total. The van der Waals surface area contributed by atoms with Crippen molar-refractivity contribution in [3.05, 3.63) is 260 Å². The van der Waals surface area contributed by atoms with Crippen LogP contribution in [-0.2, 0) is 0 Å². The van der Waals surface area contributed by atoms with Gasteiger partial charge in [0.1, 0.15) is 11.3 Å². The van der Waals surface area contributed by atoms with Gasteiger partial charge in [-0.1, -0.05) is 207 Å². The van der Waals surface area contributed by atoms with E-state index in [2.05, 4.69) is 248 Å². The smallest absolute Gasteiger partial charge is 0.134 e. The van der Waals surface area contributed by atoms with E-state index in [0.717, 1.165) is 63.2 Å². The Balaban J connectivity index is 1.08. The summed E-state index contributed by atoms with van der Waals surface area (Å²) in [7, 11) is 0. The molecule has 0 aliphatic heterocycles. The fourth-order valence-electron chi connectivity index (χ4n) is 9.29. The molecule has 7 aromatic carbocycles. The SMILES string of the molecule is CC/C=C(\C=C/CN(c1cccc(-c2cccc3c2c2ccccc2n3-c2ccccc3ccccc3oc2C)c1)c1ccccc1-c1ccccc1)c1ccc(C2=CCC=CC=C2)cc1. The summed E-state index contributed by atoms with van der Waals surface area (Å²) in [6.45, 7) is 4.94. The minimum absolute atomic E-state index is 0.665. The van der Waals surface area contributed by atoms with Crippen molar-refractivity contribution < 1.29 is 4.42 Å². The maximum absolute atomic E-state index is 6.64. The first-order valence-electron chi connectivity index (χ1n) is 23.0. The number of anilines is 2. The molecule has 10 rings (SSSR count). The van der Waals surface area contributed by atoms with E-state index in [9.17, 15) is 0 Å². The number of aryl methyl sites for hydroxylation is 1. The lowest BCUT2D eigenvalue weighted by Gasteiger charge is -2.27. The molecule has 1 aliphatic rings. The molecule has 320 valence electrons. The number of aromatic nitrogens is 1. The summed E-state index contributed by atoms with van der Waals surface area (Å²) in [4.78, 5) is 2.45. The number of nitrogens with zero attached hydrogens (tertiary/aromatic N) is 2. The van der Waals surface area contributed by atoms with Crippen molar-refractivity contribution in [2.45, 2.75) is 26.7 Å². The summed E-state index contributed by atoms with van der Waals surface area (Å²) in [5.74, 6) is 0.829. The summed E-state index contributed by atoms with van der Waals surface area (Å²) >= 11 is 0. The minimum atomic E-state index is 0.665. The van der Waals surface area contributed by atoms with Crippen LogP contribution in [0.5, 0.6) is 0 Å². The molecule has 0 unspecified atom stereocenters. The van der Waals surface area contributed by atoms with Gasteiger partial charge in [0.05, 0.1) is 16.7 Å². The van der Waals surface area contributed by atoms with Crippen LogP contribution in [0, 0.1) is 6.92 Å². The van der Waals surface area contributed by atoms with Crippen LogP contribution < -0.4 is 4.90 Å². The van der Waals surface area contributed by atoms with Crippen LogP contribution in [0.15, 0.2) is 247 Å². The Morgan fingerprint density at radius 2 is 1.35 bits per heavy atom. The summed E-state index contributed by atoms with van der Waals surface area (Å²) in [6, 6.07) is 69.6. The number of hydrogen-bond acceptors (Lipinski definition) is 2. The van der Waals surface area contributed by atoms with E-state index in [1.807, 2.05) is 18.2 Å². The van der Waals surface area contributed by atoms with Crippen molar-refractivity contribution in [3.63, 3.8) is 0 Å². The van der Waals surface area contributed by atoms with Crippen LogP contribution in [0.25, 0.3) is 71.9 Å². The zero-order valence-corrected chi connectivity index (χ0v) is 37.5. The summed E-state index contributed by atoms with van der Waals surface area (Å²) in [5.41, 5.74) is 16.0. The molecule has 0 spiro atoms. The Kier molecular flexibility index (Phi) is 12.2. The van der Waals surface area contributed by atoms with E-state index in [-0.39, 0.29) is 0 Å². The molecule has 0 radical (unpaired) electrons. The van der Waals surface area contributed by atoms with Gasteiger partial charge < -0.3 is 13.9 Å². The van der Waals surface area contributed by atoms with Gasteiger partial charge in [-0.05, 0) is 101 Å². The topological polar surface area (TPSA) is 21.3 Å². The third kappa shape index (κ3) is 8.59. The van der Waals surface area contributed by atoms with E-state index in [1.165, 1.54) is 49.7 Å². The third-order valence-corrected chi connectivity index (χ3v) is 12.4. The summed E-state index contributed by atoms with van der Waals surface area (Å²) < 4.78 is 9.00. The van der Waals surface area contributed by atoms with Crippen LogP contribution >= 0.6 is 0 Å². The predicted octanol–water partition coefficient (Wildman–Crippen LogP) is 17.4. The van der Waals surface area contributed by atoms with Crippen molar-refractivity contribution in [1.29, 1.82) is 0 Å². The molecule has 3 heteroatoms. The van der Waals surface area contributed by atoms with E-state index >= 15 is 0 Å². The first-order valence-corrected chi connectivity index (χ1v) is 23.0. The highest BCUT2D eigenvalue weighted by atomic mass is 16.3. The quantitative estimate of drug-likeness (QED) is 0.121. The standard InChI is InChI=1S/C63H52N2O/c1-3-22-47(49-40-42-50(43-41-49)48-23-7-4-5-8-24-48)30-21-44-64(59-36-16-13-32-55(59)51-25-9-6-10-26-51)54-31-19-29-53(45-54)56-34-20-38-61-63(56)57-33-14-17-37-60(57)65(61)58-35-15-11-27-52-28-12-18-39-62(52)66-46(58)2/h4-7,9-43,45H,3,8,44H2,1-2H3/b27-11?,30-21-,35-15?,47-22+,58-46?. The second kappa shape index (κ2) is 19.3. The highest BCUT2D eigenvalue weighted by Crippen LogP contribution is 2.41. The van der Waals surface area contributed by atoms with Gasteiger partial charge in [-0.25, -0.2) is 0 Å². The van der Waals surface area contributed by atoms with Gasteiger partial charge in [0.25, 0.3) is 0 Å². The fraction of sp³-hybridized carbons (Fsp3) is 0.0794. The number of para-hydroxylation sites is 3. The molecule has 0 atom stereocenters. The number of allylic oxidation sites excluding steroid dienone is 9. The van der Waals surface area contributed by atoms with Crippen LogP contribution in [0.1, 0.15) is 36.7 Å². The van der Waals surface area contributed by atoms with Crippen molar-refractivity contribution in [2.75, 3.05) is 11.4 Å². The van der Waals surface area contributed by atoms with Crippen LogP contribution in [-0.4, -0.2) is 11.1 Å². The van der Waals surface area contributed by atoms with Gasteiger partial charge in [0, 0.05) is 39.6 Å². The fourth-order valence-corrected chi connectivity index (χ4v) is 9.29. The van der Waals surface area contributed by atoms with Gasteiger partial charge in [-0.15, -0.1) is 0 Å². The van der Waals surface area contributed by atoms with E-state index in [4.69, 9.17) is 4.42 Å². The number of fused-ring (bicyclic) bond motifs is 4. The Hall–Kier alpha value is -8.14. The van der Waals surface area contributed by atoms with Crippen LogP contribution in [0.2, 0.25) is 0 Å². The molecular formula is C63H52N2O. The second-order valence-corrected chi connectivity index (χ2v) is 16.6. The van der Waals surface area contributed by atoms with Crippen molar-refractivity contribution >= 4 is 55.3 Å². The molecule has 0 bridgehead atoms. The lowest BCUT2D eigenvalue weighted by atomic mass is 9.98. The van der Waals surface area contributed by atoms with Gasteiger partial charge >= 0.3 is 0 Å². The van der Waals surface area contributed by atoms with Gasteiger partial charge in [0.2, 0.25) is 0 Å².